The second-order valence-electron chi connectivity index (χ2n) is 9.38. The van der Waals surface area contributed by atoms with E-state index in [-0.39, 0.29) is 66.6 Å². The molecule has 0 spiro atoms. The Labute approximate surface area is 227 Å². The number of carboxylic acid groups (broad SMARTS) is 1. The molecule has 40 heavy (non-hydrogen) atoms. The van der Waals surface area contributed by atoms with E-state index < -0.39 is 43.7 Å². The van der Waals surface area contributed by atoms with Crippen LogP contribution in [-0.4, -0.2) is 77.1 Å². The van der Waals surface area contributed by atoms with E-state index in [0.717, 1.165) is 0 Å². The van der Waals surface area contributed by atoms with Crippen LogP contribution in [0, 0.1) is 11.6 Å². The molecule has 2 aromatic rings. The van der Waals surface area contributed by atoms with Crippen LogP contribution in [0.1, 0.15) is 51.1 Å². The molecule has 16 heteroatoms. The van der Waals surface area contributed by atoms with Crippen molar-refractivity contribution in [3.05, 3.63) is 58.2 Å². The third-order valence-corrected chi connectivity index (χ3v) is 6.77. The average Bonchev–Trinajstić information content (AvgIpc) is 3.62. The molecular formula is C24H25B2F2N3O9. The Bertz CT molecular complexity index is 1360. The van der Waals surface area contributed by atoms with Crippen LogP contribution in [0.3, 0.4) is 0 Å². The summed E-state index contributed by atoms with van der Waals surface area (Å²) in [5.41, 5.74) is 5.57. The van der Waals surface area contributed by atoms with Crippen LogP contribution >= 0.6 is 0 Å². The second kappa shape index (κ2) is 12.1. The molecule has 0 saturated carbocycles. The molecule has 0 aliphatic carbocycles. The highest BCUT2D eigenvalue weighted by Gasteiger charge is 2.35. The summed E-state index contributed by atoms with van der Waals surface area (Å²) < 4.78 is 37.8. The first kappa shape index (κ1) is 29.1. The largest absolute Gasteiger partial charge is 0.494 e. The zero-order valence-corrected chi connectivity index (χ0v) is 21.1. The highest BCUT2D eigenvalue weighted by Crippen LogP contribution is 2.18. The first-order valence-electron chi connectivity index (χ1n) is 12.3. The predicted molar refractivity (Wildman–Crippen MR) is 135 cm³/mol. The fraction of sp³-hybridized carbons (Fsp3) is 0.333. The summed E-state index contributed by atoms with van der Waals surface area (Å²) >= 11 is 0. The van der Waals surface area contributed by atoms with Gasteiger partial charge in [0, 0.05) is 36.5 Å². The van der Waals surface area contributed by atoms with Crippen LogP contribution in [0.5, 0.6) is 0 Å². The number of amides is 3. The number of carbonyl (C=O) groups is 4. The summed E-state index contributed by atoms with van der Waals surface area (Å²) in [6, 6.07) is 5.35. The molecule has 0 radical (unpaired) electrons. The molecule has 3 aliphatic rings. The number of nitrogens with zero attached hydrogens (tertiary/aromatic N) is 1. The lowest BCUT2D eigenvalue weighted by Gasteiger charge is -2.17. The van der Waals surface area contributed by atoms with Crippen molar-refractivity contribution < 1.29 is 52.4 Å². The minimum absolute atomic E-state index is 0.0151. The van der Waals surface area contributed by atoms with Gasteiger partial charge in [0.25, 0.3) is 11.8 Å². The van der Waals surface area contributed by atoms with Crippen molar-refractivity contribution in [1.82, 2.24) is 10.2 Å². The molecule has 3 aliphatic heterocycles. The number of aliphatic carboxylic acids is 1. The van der Waals surface area contributed by atoms with Crippen molar-refractivity contribution in [2.24, 2.45) is 5.73 Å². The highest BCUT2D eigenvalue weighted by atomic mass is 19.1. The molecule has 6 N–H and O–H groups in total. The van der Waals surface area contributed by atoms with Gasteiger partial charge in [-0.25, -0.2) is 8.78 Å². The zero-order chi connectivity index (χ0) is 29.1. The number of nitrogens with one attached hydrogen (secondary N) is 1. The normalized spacial score (nSPS) is 17.2. The average molecular weight is 559 g/mol. The number of carbonyl (C=O) groups excluding carboxylic acids is 3. The topological polar surface area (TPSA) is 189 Å². The van der Waals surface area contributed by atoms with Crippen molar-refractivity contribution in [2.75, 3.05) is 13.1 Å². The number of hydrogen-bond acceptors (Lipinski definition) is 8. The van der Waals surface area contributed by atoms with Crippen molar-refractivity contribution in [3.8, 4) is 0 Å². The van der Waals surface area contributed by atoms with E-state index in [1.165, 1.54) is 23.1 Å². The van der Waals surface area contributed by atoms with Gasteiger partial charge in [0.15, 0.2) is 0 Å². The number of nitrogens with two attached hydrogens (primary N) is 1. The van der Waals surface area contributed by atoms with E-state index in [1.54, 1.807) is 6.07 Å². The van der Waals surface area contributed by atoms with Gasteiger partial charge in [0.2, 0.25) is 5.91 Å². The molecule has 1 atom stereocenters. The summed E-state index contributed by atoms with van der Waals surface area (Å²) in [5.74, 6) is -4.41. The predicted octanol–water partition coefficient (Wildman–Crippen LogP) is -1.62. The van der Waals surface area contributed by atoms with Crippen molar-refractivity contribution >= 4 is 48.9 Å². The lowest BCUT2D eigenvalue weighted by Crippen LogP contribution is -2.40. The van der Waals surface area contributed by atoms with Crippen LogP contribution in [0.15, 0.2) is 24.3 Å². The number of benzene rings is 2. The fourth-order valence-electron chi connectivity index (χ4n) is 4.66. The number of carboxylic acids is 1. The number of likely N-dealkylation sites (tertiary alicyclic amines) is 1. The quantitative estimate of drug-likeness (QED) is 0.259. The Kier molecular flexibility index (Phi) is 8.83. The van der Waals surface area contributed by atoms with Crippen molar-refractivity contribution in [3.63, 3.8) is 0 Å². The lowest BCUT2D eigenvalue weighted by atomic mass is 9.78. The van der Waals surface area contributed by atoms with Crippen LogP contribution in [0.4, 0.5) is 8.78 Å². The molecule has 2 aromatic carbocycles. The summed E-state index contributed by atoms with van der Waals surface area (Å²) in [4.78, 5) is 47.1. The summed E-state index contributed by atoms with van der Waals surface area (Å²) in [5, 5.41) is 30.2. The van der Waals surface area contributed by atoms with Crippen LogP contribution in [0.2, 0.25) is 0 Å². The first-order valence-corrected chi connectivity index (χ1v) is 12.3. The van der Waals surface area contributed by atoms with Crippen molar-refractivity contribution in [1.29, 1.82) is 0 Å². The maximum absolute atomic E-state index is 14.5. The van der Waals surface area contributed by atoms with E-state index >= 15 is 0 Å². The molecule has 12 nitrogen and oxygen atoms in total. The van der Waals surface area contributed by atoms with E-state index in [1.807, 2.05) is 0 Å². The molecule has 1 unspecified atom stereocenters. The van der Waals surface area contributed by atoms with Gasteiger partial charge in [-0.05, 0) is 29.7 Å². The van der Waals surface area contributed by atoms with Gasteiger partial charge in [-0.3, -0.25) is 19.2 Å². The Morgan fingerprint density at radius 3 is 2.05 bits per heavy atom. The Hall–Kier alpha value is -3.85. The van der Waals surface area contributed by atoms with Gasteiger partial charge in [0.05, 0.1) is 30.8 Å². The third-order valence-electron chi connectivity index (χ3n) is 6.77. The maximum Gasteiger partial charge on any atom is 0.494 e. The van der Waals surface area contributed by atoms with E-state index in [2.05, 4.69) is 5.32 Å². The second-order valence-corrected chi connectivity index (χ2v) is 9.38. The Balaban J connectivity index is 0.000000222. The number of fused-ring (bicyclic) bond motifs is 2. The van der Waals surface area contributed by atoms with Gasteiger partial charge in [0.1, 0.15) is 11.6 Å². The van der Waals surface area contributed by atoms with E-state index in [4.69, 9.17) is 20.1 Å². The number of primary amides is 1. The number of rotatable bonds is 6. The molecule has 5 rings (SSSR count). The molecule has 3 heterocycles. The van der Waals surface area contributed by atoms with Gasteiger partial charge in [-0.1, -0.05) is 12.1 Å². The van der Waals surface area contributed by atoms with Crippen molar-refractivity contribution in [2.45, 2.75) is 38.5 Å². The molecule has 0 bridgehead atoms. The van der Waals surface area contributed by atoms with Gasteiger partial charge < -0.3 is 40.4 Å². The van der Waals surface area contributed by atoms with Gasteiger partial charge in [-0.2, -0.15) is 0 Å². The summed E-state index contributed by atoms with van der Waals surface area (Å²) in [6.45, 7) is 0.892. The minimum Gasteiger partial charge on any atom is -0.481 e. The Morgan fingerprint density at radius 1 is 0.950 bits per heavy atom. The number of halogens is 2. The molecule has 0 aromatic heterocycles. The van der Waals surface area contributed by atoms with Gasteiger partial charge in [-0.15, -0.1) is 0 Å². The number of hydrogen-bond donors (Lipinski definition) is 5. The zero-order valence-electron chi connectivity index (χ0n) is 21.1. The molecule has 210 valence electrons. The van der Waals surface area contributed by atoms with Crippen LogP contribution in [0.25, 0.3) is 0 Å². The molecule has 3 amide bonds. The Morgan fingerprint density at radius 2 is 1.50 bits per heavy atom. The molecule has 1 fully saturated rings. The fourth-order valence-corrected chi connectivity index (χ4v) is 4.66. The maximum atomic E-state index is 14.5. The molecule has 1 saturated heterocycles. The smallest absolute Gasteiger partial charge is 0.481 e. The highest BCUT2D eigenvalue weighted by molar-refractivity contribution is 6.62. The summed E-state index contributed by atoms with van der Waals surface area (Å²) in [7, 11) is -2.68. The lowest BCUT2D eigenvalue weighted by molar-refractivity contribution is -0.140. The summed E-state index contributed by atoms with van der Waals surface area (Å²) in [6.07, 6.45) is 0.174. The van der Waals surface area contributed by atoms with Crippen LogP contribution < -0.4 is 22.0 Å². The van der Waals surface area contributed by atoms with Gasteiger partial charge >= 0.3 is 20.2 Å². The monoisotopic (exact) mass is 559 g/mol. The first-order chi connectivity index (χ1) is 19.0. The van der Waals surface area contributed by atoms with E-state index in [0.29, 0.717) is 24.1 Å². The standard InChI is InChI=1S/C16H18BFN2O6.C8H7BFNO3/c18-15-11(2-1-9-8-26-17(25)14(9)15)16(24)19-10-5-6-20(7-10)12(21)3-4-13(22)23;10-7-5(8(11)12)2-1-4-3-14-9(13)6(4)7/h1-2,10,25H,3-8H2,(H,19,24)(H,22,23);1-2,13H,3H2,(H2,11,12). The minimum atomic E-state index is -1.38. The SMILES string of the molecule is NC(=O)c1ccc2c(c1F)B(O)OC2.O=C(O)CCC(=O)N1CCC(NC(=O)c2ccc3c(c2F)B(O)OC3)C1. The molecular weight excluding hydrogens is 534 g/mol. The van der Waals surface area contributed by atoms with Crippen LogP contribution in [-0.2, 0) is 32.1 Å². The van der Waals surface area contributed by atoms with E-state index in [9.17, 15) is 38.0 Å². The third kappa shape index (κ3) is 6.14.